The van der Waals surface area contributed by atoms with Gasteiger partial charge in [0.2, 0.25) is 5.89 Å². The molecule has 0 aromatic carbocycles. The van der Waals surface area contributed by atoms with Gasteiger partial charge >= 0.3 is 0 Å². The third-order valence-electron chi connectivity index (χ3n) is 3.64. The molecule has 120 valence electrons. The normalized spacial score (nSPS) is 15.6. The Kier molecular flexibility index (Phi) is 6.69. The lowest BCUT2D eigenvalue weighted by Crippen LogP contribution is -2.41. The van der Waals surface area contributed by atoms with Crippen molar-refractivity contribution in [2.75, 3.05) is 7.05 Å². The second-order valence-corrected chi connectivity index (χ2v) is 6.12. The standard InChI is InChI=1S/C15H20N4OS.HI/c1-16-15(19-11-5-2-3-6-11)17-9-12-10-20-14(18-12)13-7-4-8-21-13;/h4,7-8,10-11H,2-3,5-6,9H2,1H3,(H2,16,17,19);1H. The molecule has 1 aliphatic rings. The fourth-order valence-corrected chi connectivity index (χ4v) is 3.19. The first-order valence-electron chi connectivity index (χ1n) is 7.30. The van der Waals surface area contributed by atoms with Crippen molar-refractivity contribution in [2.45, 2.75) is 38.3 Å². The lowest BCUT2D eigenvalue weighted by molar-refractivity contribution is 0.573. The molecular weight excluding hydrogens is 411 g/mol. The maximum atomic E-state index is 5.51. The van der Waals surface area contributed by atoms with Gasteiger partial charge in [-0.25, -0.2) is 4.98 Å². The maximum absolute atomic E-state index is 5.51. The van der Waals surface area contributed by atoms with Crippen LogP contribution in [0.5, 0.6) is 0 Å². The Morgan fingerprint density at radius 1 is 1.45 bits per heavy atom. The van der Waals surface area contributed by atoms with Crippen molar-refractivity contribution < 1.29 is 4.42 Å². The highest BCUT2D eigenvalue weighted by Gasteiger charge is 2.16. The molecule has 1 saturated carbocycles. The van der Waals surface area contributed by atoms with Crippen LogP contribution in [0.3, 0.4) is 0 Å². The highest BCUT2D eigenvalue weighted by molar-refractivity contribution is 14.0. The van der Waals surface area contributed by atoms with E-state index in [2.05, 4.69) is 20.6 Å². The average Bonchev–Trinajstić information content (AvgIpc) is 3.24. The molecule has 22 heavy (non-hydrogen) atoms. The van der Waals surface area contributed by atoms with Crippen LogP contribution >= 0.6 is 35.3 Å². The van der Waals surface area contributed by atoms with Crippen LogP contribution in [0.4, 0.5) is 0 Å². The number of guanidine groups is 1. The number of aliphatic imine (C=N–C) groups is 1. The summed E-state index contributed by atoms with van der Waals surface area (Å²) in [5.41, 5.74) is 0.882. The van der Waals surface area contributed by atoms with Gasteiger partial charge in [-0.2, -0.15) is 0 Å². The van der Waals surface area contributed by atoms with Gasteiger partial charge in [-0.15, -0.1) is 35.3 Å². The van der Waals surface area contributed by atoms with E-state index in [4.69, 9.17) is 4.42 Å². The summed E-state index contributed by atoms with van der Waals surface area (Å²) in [5.74, 6) is 1.52. The quantitative estimate of drug-likeness (QED) is 0.440. The number of aromatic nitrogens is 1. The van der Waals surface area contributed by atoms with Crippen LogP contribution in [-0.2, 0) is 6.54 Å². The molecule has 1 aliphatic carbocycles. The van der Waals surface area contributed by atoms with Crippen LogP contribution in [0.2, 0.25) is 0 Å². The summed E-state index contributed by atoms with van der Waals surface area (Å²) >= 11 is 1.63. The second kappa shape index (κ2) is 8.52. The molecule has 7 heteroatoms. The summed E-state index contributed by atoms with van der Waals surface area (Å²) in [6, 6.07) is 4.55. The van der Waals surface area contributed by atoms with Crippen molar-refractivity contribution in [2.24, 2.45) is 4.99 Å². The zero-order valence-corrected chi connectivity index (χ0v) is 15.7. The number of oxazole rings is 1. The van der Waals surface area contributed by atoms with Crippen LogP contribution < -0.4 is 10.6 Å². The van der Waals surface area contributed by atoms with E-state index in [1.165, 1.54) is 25.7 Å². The molecule has 2 N–H and O–H groups in total. The highest BCUT2D eigenvalue weighted by atomic mass is 127. The first kappa shape index (κ1) is 17.3. The van der Waals surface area contributed by atoms with Crippen LogP contribution in [0.15, 0.2) is 33.2 Å². The molecule has 2 aromatic rings. The molecule has 0 bridgehead atoms. The number of thiophene rings is 1. The highest BCUT2D eigenvalue weighted by Crippen LogP contribution is 2.23. The Balaban J connectivity index is 0.00000176. The summed E-state index contributed by atoms with van der Waals surface area (Å²) in [4.78, 5) is 9.80. The molecule has 0 amide bonds. The lowest BCUT2D eigenvalue weighted by Gasteiger charge is -2.16. The molecule has 2 heterocycles. The van der Waals surface area contributed by atoms with E-state index >= 15 is 0 Å². The van der Waals surface area contributed by atoms with Gasteiger partial charge < -0.3 is 15.1 Å². The second-order valence-electron chi connectivity index (χ2n) is 5.17. The van der Waals surface area contributed by atoms with Crippen molar-refractivity contribution in [1.82, 2.24) is 15.6 Å². The predicted molar refractivity (Wildman–Crippen MR) is 101 cm³/mol. The fraction of sp³-hybridized carbons (Fsp3) is 0.467. The summed E-state index contributed by atoms with van der Waals surface area (Å²) < 4.78 is 5.51. The van der Waals surface area contributed by atoms with Gasteiger partial charge in [0.05, 0.1) is 17.1 Å². The van der Waals surface area contributed by atoms with E-state index in [1.807, 2.05) is 17.5 Å². The van der Waals surface area contributed by atoms with Crippen molar-refractivity contribution in [3.05, 3.63) is 29.5 Å². The zero-order valence-electron chi connectivity index (χ0n) is 12.5. The third-order valence-corrected chi connectivity index (χ3v) is 4.50. The average molecular weight is 432 g/mol. The molecule has 0 atom stereocenters. The van der Waals surface area contributed by atoms with Gasteiger partial charge in [-0.3, -0.25) is 4.99 Å². The fourth-order valence-electron chi connectivity index (χ4n) is 2.53. The van der Waals surface area contributed by atoms with E-state index in [0.29, 0.717) is 18.5 Å². The van der Waals surface area contributed by atoms with Crippen molar-refractivity contribution >= 4 is 41.3 Å². The Labute approximate surface area is 151 Å². The lowest BCUT2D eigenvalue weighted by atomic mass is 10.2. The van der Waals surface area contributed by atoms with E-state index in [1.54, 1.807) is 24.6 Å². The molecule has 0 unspecified atom stereocenters. The van der Waals surface area contributed by atoms with Crippen LogP contribution in [0.1, 0.15) is 31.4 Å². The number of rotatable bonds is 4. The number of hydrogen-bond acceptors (Lipinski definition) is 4. The largest absolute Gasteiger partial charge is 0.443 e. The van der Waals surface area contributed by atoms with Crippen molar-refractivity contribution in [3.8, 4) is 10.8 Å². The Morgan fingerprint density at radius 3 is 2.95 bits per heavy atom. The topological polar surface area (TPSA) is 62.5 Å². The van der Waals surface area contributed by atoms with Crippen LogP contribution in [-0.4, -0.2) is 24.0 Å². The molecule has 5 nitrogen and oxygen atoms in total. The van der Waals surface area contributed by atoms with Gasteiger partial charge in [0.15, 0.2) is 5.96 Å². The van der Waals surface area contributed by atoms with Crippen LogP contribution in [0.25, 0.3) is 10.8 Å². The van der Waals surface area contributed by atoms with Crippen molar-refractivity contribution in [1.29, 1.82) is 0 Å². The molecule has 3 rings (SSSR count). The summed E-state index contributed by atoms with van der Waals surface area (Å²) in [6.07, 6.45) is 6.77. The molecule has 2 aromatic heterocycles. The van der Waals surface area contributed by atoms with Gasteiger partial charge in [-0.05, 0) is 24.3 Å². The number of nitrogens with one attached hydrogen (secondary N) is 2. The molecule has 0 aliphatic heterocycles. The molecule has 0 spiro atoms. The number of hydrogen-bond donors (Lipinski definition) is 2. The Morgan fingerprint density at radius 2 is 2.27 bits per heavy atom. The smallest absolute Gasteiger partial charge is 0.236 e. The van der Waals surface area contributed by atoms with Gasteiger partial charge in [0.25, 0.3) is 0 Å². The zero-order chi connectivity index (χ0) is 14.5. The van der Waals surface area contributed by atoms with Crippen LogP contribution in [0, 0.1) is 0 Å². The van der Waals surface area contributed by atoms with Crippen molar-refractivity contribution in [3.63, 3.8) is 0 Å². The van der Waals surface area contributed by atoms with E-state index in [-0.39, 0.29) is 24.0 Å². The third kappa shape index (κ3) is 4.45. The predicted octanol–water partition coefficient (Wildman–Crippen LogP) is 3.63. The summed E-state index contributed by atoms with van der Waals surface area (Å²) in [6.45, 7) is 0.612. The molecule has 0 radical (unpaired) electrons. The summed E-state index contributed by atoms with van der Waals surface area (Å²) in [7, 11) is 1.80. The number of nitrogens with zero attached hydrogens (tertiary/aromatic N) is 2. The minimum atomic E-state index is 0. The SMILES string of the molecule is CN=C(NCc1coc(-c2cccs2)n1)NC1CCCC1.I. The van der Waals surface area contributed by atoms with Gasteiger partial charge in [-0.1, -0.05) is 18.9 Å². The monoisotopic (exact) mass is 432 g/mol. The van der Waals surface area contributed by atoms with Gasteiger partial charge in [0, 0.05) is 13.1 Å². The minimum absolute atomic E-state index is 0. The van der Waals surface area contributed by atoms with E-state index in [0.717, 1.165) is 16.5 Å². The van der Waals surface area contributed by atoms with Gasteiger partial charge in [0.1, 0.15) is 6.26 Å². The van der Waals surface area contributed by atoms with E-state index < -0.39 is 0 Å². The first-order valence-corrected chi connectivity index (χ1v) is 8.18. The maximum Gasteiger partial charge on any atom is 0.236 e. The summed E-state index contributed by atoms with van der Waals surface area (Å²) in [5, 5.41) is 8.76. The van der Waals surface area contributed by atoms with E-state index in [9.17, 15) is 0 Å². The Bertz CT molecular complexity index is 590. The Hall–Kier alpha value is -1.09. The first-order chi connectivity index (χ1) is 10.3. The minimum Gasteiger partial charge on any atom is -0.443 e. The molecule has 1 fully saturated rings. The molecule has 0 saturated heterocycles. The number of halogens is 1. The molecular formula is C15H21IN4OS.